The molecule has 1 amide bonds. The third-order valence-corrected chi connectivity index (χ3v) is 5.83. The number of carbonyl (C=O) groups excluding carboxylic acids is 1. The van der Waals surface area contributed by atoms with Gasteiger partial charge in [-0.3, -0.25) is 4.79 Å². The molecule has 3 rings (SSSR count). The number of benzene rings is 2. The first-order valence-corrected chi connectivity index (χ1v) is 11.4. The normalized spacial score (nSPS) is 13.9. The maximum atomic E-state index is 11.1. The van der Waals surface area contributed by atoms with E-state index in [4.69, 9.17) is 23.8 Å². The largest absolute Gasteiger partial charge is 0.364 e. The molecule has 0 bridgehead atoms. The van der Waals surface area contributed by atoms with Gasteiger partial charge in [-0.25, -0.2) is 0 Å². The Bertz CT molecular complexity index is 926. The highest BCUT2D eigenvalue weighted by Gasteiger charge is 2.22. The molecule has 5 nitrogen and oxygen atoms in total. The molecule has 0 aromatic heterocycles. The van der Waals surface area contributed by atoms with Crippen LogP contribution in [0.3, 0.4) is 0 Å². The second-order valence-electron chi connectivity index (χ2n) is 7.74. The van der Waals surface area contributed by atoms with Gasteiger partial charge in [0, 0.05) is 36.6 Å². The van der Waals surface area contributed by atoms with Gasteiger partial charge < -0.3 is 20.9 Å². The van der Waals surface area contributed by atoms with Crippen LogP contribution in [0.4, 0.5) is 22.7 Å². The Hall–Kier alpha value is -2.57. The van der Waals surface area contributed by atoms with Crippen molar-refractivity contribution in [3.63, 3.8) is 0 Å². The first-order chi connectivity index (χ1) is 15.0. The second-order valence-corrected chi connectivity index (χ2v) is 8.55. The van der Waals surface area contributed by atoms with Crippen LogP contribution in [0.25, 0.3) is 0 Å². The van der Waals surface area contributed by atoms with Crippen molar-refractivity contribution in [1.82, 2.24) is 0 Å². The molecule has 2 aromatic rings. The monoisotopic (exact) mass is 456 g/mol. The minimum atomic E-state index is -0.103. The predicted octanol–water partition coefficient (Wildman–Crippen LogP) is 6.43. The van der Waals surface area contributed by atoms with Crippen LogP contribution in [0.2, 0.25) is 5.02 Å². The number of halogens is 1. The molecule has 7 heteroatoms. The van der Waals surface area contributed by atoms with E-state index in [1.807, 2.05) is 48.5 Å². The Morgan fingerprint density at radius 1 is 1.06 bits per heavy atom. The summed E-state index contributed by atoms with van der Waals surface area (Å²) in [4.78, 5) is 13.5. The van der Waals surface area contributed by atoms with Gasteiger partial charge in [0.05, 0.1) is 10.7 Å². The average Bonchev–Trinajstić information content (AvgIpc) is 2.74. The predicted molar refractivity (Wildman–Crippen MR) is 136 cm³/mol. The summed E-state index contributed by atoms with van der Waals surface area (Å²) in [5.41, 5.74) is 3.42. The van der Waals surface area contributed by atoms with E-state index in [1.54, 1.807) is 0 Å². The van der Waals surface area contributed by atoms with Crippen LogP contribution >= 0.6 is 23.8 Å². The zero-order chi connectivity index (χ0) is 22.2. The molecule has 31 heavy (non-hydrogen) atoms. The third kappa shape index (κ3) is 6.71. The minimum Gasteiger partial charge on any atom is -0.364 e. The maximum Gasteiger partial charge on any atom is 0.221 e. The van der Waals surface area contributed by atoms with Gasteiger partial charge >= 0.3 is 0 Å². The molecule has 0 saturated heterocycles. The van der Waals surface area contributed by atoms with Gasteiger partial charge in [0.2, 0.25) is 5.91 Å². The fourth-order valence-electron chi connectivity index (χ4n) is 3.93. The first-order valence-electron chi connectivity index (χ1n) is 10.6. The number of nitrogens with zero attached hydrogens (tertiary/aromatic N) is 1. The molecule has 0 spiro atoms. The summed E-state index contributed by atoms with van der Waals surface area (Å²) in [5.74, 6) is -0.103. The lowest BCUT2D eigenvalue weighted by Crippen LogP contribution is -2.37. The second kappa shape index (κ2) is 11.2. The molecule has 164 valence electrons. The molecule has 1 fully saturated rings. The van der Waals surface area contributed by atoms with E-state index in [0.29, 0.717) is 16.2 Å². The molecule has 0 radical (unpaired) electrons. The fourth-order valence-corrected chi connectivity index (χ4v) is 4.45. The Morgan fingerprint density at radius 3 is 2.23 bits per heavy atom. The van der Waals surface area contributed by atoms with Crippen LogP contribution in [0.5, 0.6) is 0 Å². The van der Waals surface area contributed by atoms with Crippen LogP contribution in [0, 0.1) is 0 Å². The zero-order valence-electron chi connectivity index (χ0n) is 17.8. The molecule has 1 aliphatic rings. The number of rotatable bonds is 7. The van der Waals surface area contributed by atoms with E-state index in [1.165, 1.54) is 39.0 Å². The molecule has 0 aliphatic heterocycles. The maximum absolute atomic E-state index is 11.1. The summed E-state index contributed by atoms with van der Waals surface area (Å²) >= 11 is 12.1. The summed E-state index contributed by atoms with van der Waals surface area (Å²) in [6.45, 7) is 6.19. The average molecular weight is 457 g/mol. The standard InChI is InChI=1S/C24H29ClN4OS/c1-3-15-29(21-7-5-4-6-8-21)23-14-13-20(16-22(23)25)28-24(31)27-19-11-9-18(10-12-19)26-17(2)30/h3,9-14,16,21H,1,4-8,15H2,2H3,(H,26,30)(H2,27,28,31). The van der Waals surface area contributed by atoms with Gasteiger partial charge in [-0.1, -0.05) is 36.9 Å². The molecule has 0 unspecified atom stereocenters. The lowest BCUT2D eigenvalue weighted by molar-refractivity contribution is -0.114. The summed E-state index contributed by atoms with van der Waals surface area (Å²) in [5, 5.41) is 10.2. The summed E-state index contributed by atoms with van der Waals surface area (Å²) in [6, 6.07) is 13.8. The van der Waals surface area contributed by atoms with Crippen LogP contribution in [-0.2, 0) is 4.79 Å². The topological polar surface area (TPSA) is 56.4 Å². The highest BCUT2D eigenvalue weighted by molar-refractivity contribution is 7.80. The summed E-state index contributed by atoms with van der Waals surface area (Å²) in [7, 11) is 0. The third-order valence-electron chi connectivity index (χ3n) is 5.32. The number of nitrogens with one attached hydrogen (secondary N) is 3. The number of carbonyl (C=O) groups is 1. The molecular weight excluding hydrogens is 428 g/mol. The van der Waals surface area contributed by atoms with E-state index >= 15 is 0 Å². The molecule has 1 saturated carbocycles. The van der Waals surface area contributed by atoms with E-state index in [9.17, 15) is 4.79 Å². The van der Waals surface area contributed by atoms with Gasteiger partial charge in [-0.05, 0) is 67.5 Å². The molecule has 1 aliphatic carbocycles. The van der Waals surface area contributed by atoms with Crippen molar-refractivity contribution in [3.8, 4) is 0 Å². The number of amides is 1. The minimum absolute atomic E-state index is 0.103. The van der Waals surface area contributed by atoms with Crippen molar-refractivity contribution in [3.05, 3.63) is 60.1 Å². The van der Waals surface area contributed by atoms with E-state index in [2.05, 4.69) is 27.4 Å². The van der Waals surface area contributed by atoms with Crippen molar-refractivity contribution in [2.75, 3.05) is 27.4 Å². The number of hydrogen-bond acceptors (Lipinski definition) is 3. The van der Waals surface area contributed by atoms with Crippen molar-refractivity contribution < 1.29 is 4.79 Å². The quantitative estimate of drug-likeness (QED) is 0.331. The van der Waals surface area contributed by atoms with Crippen molar-refractivity contribution in [2.45, 2.75) is 45.1 Å². The Labute approximate surface area is 194 Å². The van der Waals surface area contributed by atoms with Crippen LogP contribution in [-0.4, -0.2) is 23.6 Å². The van der Waals surface area contributed by atoms with Gasteiger partial charge in [0.25, 0.3) is 0 Å². The molecule has 0 atom stereocenters. The lowest BCUT2D eigenvalue weighted by atomic mass is 9.93. The van der Waals surface area contributed by atoms with E-state index < -0.39 is 0 Å². The molecule has 3 N–H and O–H groups in total. The summed E-state index contributed by atoms with van der Waals surface area (Å²) in [6.07, 6.45) is 8.17. The van der Waals surface area contributed by atoms with Gasteiger partial charge in [-0.2, -0.15) is 0 Å². The molecule has 2 aromatic carbocycles. The Kier molecular flexibility index (Phi) is 8.32. The highest BCUT2D eigenvalue weighted by atomic mass is 35.5. The van der Waals surface area contributed by atoms with Crippen molar-refractivity contribution >= 4 is 57.6 Å². The van der Waals surface area contributed by atoms with Gasteiger partial charge in [-0.15, -0.1) is 6.58 Å². The van der Waals surface area contributed by atoms with Gasteiger partial charge in [0.1, 0.15) is 0 Å². The number of hydrogen-bond donors (Lipinski definition) is 3. The lowest BCUT2D eigenvalue weighted by Gasteiger charge is -2.36. The zero-order valence-corrected chi connectivity index (χ0v) is 19.4. The van der Waals surface area contributed by atoms with Crippen LogP contribution < -0.4 is 20.9 Å². The number of anilines is 4. The highest BCUT2D eigenvalue weighted by Crippen LogP contribution is 2.34. The molecular formula is C24H29ClN4OS. The van der Waals surface area contributed by atoms with Crippen molar-refractivity contribution in [2.24, 2.45) is 0 Å². The van der Waals surface area contributed by atoms with Crippen LogP contribution in [0.1, 0.15) is 39.0 Å². The Balaban J connectivity index is 1.64. The van der Waals surface area contributed by atoms with E-state index in [0.717, 1.165) is 29.3 Å². The SMILES string of the molecule is C=CCN(c1ccc(NC(=S)Nc2ccc(NC(C)=O)cc2)cc1Cl)C1CCCCC1. The van der Waals surface area contributed by atoms with Crippen molar-refractivity contribution in [1.29, 1.82) is 0 Å². The van der Waals surface area contributed by atoms with E-state index in [-0.39, 0.29) is 5.91 Å². The number of thiocarbonyl (C=S) groups is 1. The Morgan fingerprint density at radius 2 is 1.65 bits per heavy atom. The van der Waals surface area contributed by atoms with Crippen LogP contribution in [0.15, 0.2) is 55.1 Å². The smallest absolute Gasteiger partial charge is 0.221 e. The van der Waals surface area contributed by atoms with Gasteiger partial charge in [0.15, 0.2) is 5.11 Å². The molecule has 0 heterocycles. The summed E-state index contributed by atoms with van der Waals surface area (Å²) < 4.78 is 0. The fraction of sp³-hybridized carbons (Fsp3) is 0.333. The first kappa shape index (κ1) is 23.1.